The number of hydrogen-bond donors (Lipinski definition) is 0. The summed E-state index contributed by atoms with van der Waals surface area (Å²) in [6.07, 6.45) is 0.918. The van der Waals surface area contributed by atoms with E-state index in [0.717, 1.165) is 33.9 Å². The van der Waals surface area contributed by atoms with Gasteiger partial charge in [-0.3, -0.25) is 0 Å². The Bertz CT molecular complexity index is 472. The van der Waals surface area contributed by atoms with Gasteiger partial charge in [0.15, 0.2) is 0 Å². The van der Waals surface area contributed by atoms with E-state index in [1.54, 1.807) is 14.2 Å². The first-order chi connectivity index (χ1) is 8.50. The van der Waals surface area contributed by atoms with Crippen molar-refractivity contribution in [2.24, 2.45) is 0 Å². The molecule has 0 aliphatic carbocycles. The van der Waals surface area contributed by atoms with Gasteiger partial charge in [-0.25, -0.2) is 0 Å². The van der Waals surface area contributed by atoms with Crippen molar-refractivity contribution in [2.45, 2.75) is 32.7 Å². The van der Waals surface area contributed by atoms with Gasteiger partial charge >= 0.3 is 8.80 Å². The Morgan fingerprint density at radius 3 is 2.44 bits per heavy atom. The fraction of sp³-hybridized carbons (Fsp3) is 0.538. The quantitative estimate of drug-likeness (QED) is 0.795. The van der Waals surface area contributed by atoms with Gasteiger partial charge in [0.1, 0.15) is 5.75 Å². The minimum Gasteiger partial charge on any atom is -0.500 e. The molecular weight excluding hydrogens is 268 g/mol. The standard InChI is InChI=1S/C13H19ClO3Si/c1-6-11-12-9(3)13(14)8(2)7-10(12)17-18(11,15-4)16-5/h7,11H,6H2,1-5H3. The van der Waals surface area contributed by atoms with Crippen molar-refractivity contribution in [3.63, 3.8) is 0 Å². The highest BCUT2D eigenvalue weighted by Gasteiger charge is 2.56. The van der Waals surface area contributed by atoms with E-state index in [-0.39, 0.29) is 5.54 Å². The molecule has 0 radical (unpaired) electrons. The van der Waals surface area contributed by atoms with E-state index in [0.29, 0.717) is 0 Å². The molecule has 0 fully saturated rings. The minimum atomic E-state index is -2.65. The zero-order chi connectivity index (χ0) is 13.5. The van der Waals surface area contributed by atoms with Crippen molar-refractivity contribution in [1.29, 1.82) is 0 Å². The van der Waals surface area contributed by atoms with Crippen LogP contribution in [-0.4, -0.2) is 23.0 Å². The second-order valence-electron chi connectivity index (χ2n) is 4.62. The lowest BCUT2D eigenvalue weighted by Gasteiger charge is -2.25. The van der Waals surface area contributed by atoms with Crippen LogP contribution in [-0.2, 0) is 8.85 Å². The molecule has 1 aromatic rings. The van der Waals surface area contributed by atoms with Gasteiger partial charge in [0, 0.05) is 24.8 Å². The van der Waals surface area contributed by atoms with E-state index < -0.39 is 8.80 Å². The number of benzene rings is 1. The fourth-order valence-electron chi connectivity index (χ4n) is 2.76. The Morgan fingerprint density at radius 2 is 1.94 bits per heavy atom. The topological polar surface area (TPSA) is 27.7 Å². The van der Waals surface area contributed by atoms with Gasteiger partial charge in [-0.2, -0.15) is 0 Å². The van der Waals surface area contributed by atoms with Crippen LogP contribution in [0.3, 0.4) is 0 Å². The third-order valence-corrected chi connectivity index (χ3v) is 7.47. The SMILES string of the molecule is CCC1c2c(cc(C)c(Cl)c2C)O[Si]1(OC)OC. The predicted octanol–water partition coefficient (Wildman–Crippen LogP) is 3.61. The molecule has 2 rings (SSSR count). The van der Waals surface area contributed by atoms with Gasteiger partial charge < -0.3 is 13.3 Å². The van der Waals surface area contributed by atoms with E-state index in [1.165, 1.54) is 0 Å². The Hall–Kier alpha value is -0.553. The largest absolute Gasteiger partial charge is 0.573 e. The third-order valence-electron chi connectivity index (χ3n) is 3.70. The highest BCUT2D eigenvalue weighted by molar-refractivity contribution is 6.64. The first kappa shape index (κ1) is 13.9. The maximum atomic E-state index is 6.34. The average Bonchev–Trinajstić information content (AvgIpc) is 2.70. The summed E-state index contributed by atoms with van der Waals surface area (Å²) in [4.78, 5) is 0. The minimum absolute atomic E-state index is 0.167. The van der Waals surface area contributed by atoms with Crippen molar-refractivity contribution >= 4 is 20.4 Å². The summed E-state index contributed by atoms with van der Waals surface area (Å²) in [6, 6.07) is 1.99. The Morgan fingerprint density at radius 1 is 1.33 bits per heavy atom. The van der Waals surface area contributed by atoms with Crippen molar-refractivity contribution in [3.8, 4) is 5.75 Å². The van der Waals surface area contributed by atoms with Crippen LogP contribution in [0.4, 0.5) is 0 Å². The Balaban J connectivity index is 2.62. The first-order valence-corrected chi connectivity index (χ1v) is 8.27. The van der Waals surface area contributed by atoms with Crippen LogP contribution in [0.5, 0.6) is 5.75 Å². The molecule has 1 aliphatic heterocycles. The molecule has 100 valence electrons. The molecule has 0 saturated carbocycles. The molecule has 1 unspecified atom stereocenters. The molecule has 5 heteroatoms. The van der Waals surface area contributed by atoms with E-state index in [9.17, 15) is 0 Å². The molecule has 1 heterocycles. The summed E-state index contributed by atoms with van der Waals surface area (Å²) in [6.45, 7) is 6.15. The van der Waals surface area contributed by atoms with Gasteiger partial charge in [0.25, 0.3) is 0 Å². The Kier molecular flexibility index (Phi) is 3.74. The number of fused-ring (bicyclic) bond motifs is 1. The van der Waals surface area contributed by atoms with Crippen molar-refractivity contribution in [2.75, 3.05) is 14.2 Å². The zero-order valence-corrected chi connectivity index (χ0v) is 13.2. The zero-order valence-electron chi connectivity index (χ0n) is 11.5. The molecule has 3 nitrogen and oxygen atoms in total. The van der Waals surface area contributed by atoms with E-state index >= 15 is 0 Å². The monoisotopic (exact) mass is 286 g/mol. The third kappa shape index (κ3) is 1.79. The molecule has 0 spiro atoms. The highest BCUT2D eigenvalue weighted by atomic mass is 35.5. The summed E-state index contributed by atoms with van der Waals surface area (Å²) in [5.74, 6) is 0.872. The molecule has 1 aromatic carbocycles. The normalized spacial score (nSPS) is 20.7. The van der Waals surface area contributed by atoms with Crippen molar-refractivity contribution in [1.82, 2.24) is 0 Å². The van der Waals surface area contributed by atoms with Crippen LogP contribution in [0.1, 0.15) is 35.6 Å². The van der Waals surface area contributed by atoms with E-state index in [2.05, 4.69) is 6.92 Å². The fourth-order valence-corrected chi connectivity index (χ4v) is 5.65. The number of hydrogen-bond acceptors (Lipinski definition) is 3. The van der Waals surface area contributed by atoms with Crippen molar-refractivity contribution < 1.29 is 13.3 Å². The lowest BCUT2D eigenvalue weighted by molar-refractivity contribution is 0.159. The Labute approximate surface area is 114 Å². The van der Waals surface area contributed by atoms with Crippen LogP contribution in [0.2, 0.25) is 5.02 Å². The van der Waals surface area contributed by atoms with Gasteiger partial charge in [0.05, 0.1) is 5.54 Å². The smallest absolute Gasteiger partial charge is 0.500 e. The highest BCUT2D eigenvalue weighted by Crippen LogP contribution is 2.48. The molecule has 1 aliphatic rings. The van der Waals surface area contributed by atoms with Gasteiger partial charge in [-0.15, -0.1) is 0 Å². The van der Waals surface area contributed by atoms with Crippen LogP contribution in [0, 0.1) is 13.8 Å². The van der Waals surface area contributed by atoms with Crippen LogP contribution < -0.4 is 4.43 Å². The summed E-state index contributed by atoms with van der Waals surface area (Å²) in [7, 11) is 0.671. The molecule has 0 saturated heterocycles. The van der Waals surface area contributed by atoms with Gasteiger partial charge in [0.2, 0.25) is 0 Å². The molecule has 0 amide bonds. The maximum absolute atomic E-state index is 6.34. The van der Waals surface area contributed by atoms with E-state index in [4.69, 9.17) is 24.9 Å². The van der Waals surface area contributed by atoms with Crippen LogP contribution >= 0.6 is 11.6 Å². The number of halogens is 1. The molecule has 0 bridgehead atoms. The average molecular weight is 287 g/mol. The lowest BCUT2D eigenvalue weighted by atomic mass is 10.00. The first-order valence-electron chi connectivity index (χ1n) is 6.09. The number of aryl methyl sites for hydroxylation is 1. The maximum Gasteiger partial charge on any atom is 0.573 e. The van der Waals surface area contributed by atoms with Gasteiger partial charge in [-0.1, -0.05) is 18.5 Å². The number of rotatable bonds is 3. The second kappa shape index (κ2) is 4.85. The summed E-state index contributed by atoms with van der Waals surface area (Å²) >= 11 is 6.34. The van der Waals surface area contributed by atoms with Crippen LogP contribution in [0.15, 0.2) is 6.07 Å². The summed E-state index contributed by atoms with van der Waals surface area (Å²) < 4.78 is 17.3. The molecule has 1 atom stereocenters. The van der Waals surface area contributed by atoms with Crippen molar-refractivity contribution in [3.05, 3.63) is 27.8 Å². The summed E-state index contributed by atoms with van der Waals surface area (Å²) in [5, 5.41) is 0.813. The van der Waals surface area contributed by atoms with E-state index in [1.807, 2.05) is 19.9 Å². The molecule has 18 heavy (non-hydrogen) atoms. The summed E-state index contributed by atoms with van der Waals surface area (Å²) in [5.41, 5.74) is 3.44. The van der Waals surface area contributed by atoms with Gasteiger partial charge in [-0.05, 0) is 37.5 Å². The van der Waals surface area contributed by atoms with Crippen LogP contribution in [0.25, 0.3) is 0 Å². The second-order valence-corrected chi connectivity index (χ2v) is 7.92. The molecule has 0 N–H and O–H groups in total. The molecule has 0 aromatic heterocycles. The molecular formula is C13H19ClO3Si. The lowest BCUT2D eigenvalue weighted by Crippen LogP contribution is -2.49. The predicted molar refractivity (Wildman–Crippen MR) is 74.4 cm³/mol.